The molecule has 6 nitrogen and oxygen atoms in total. The molecule has 1 heterocycles. The standard InChI is InChI=1S/C9H8N4O2/c10-13-11-4-6-2-1-3-7-9(6)12-8(14)5-15-7/h1-3H,4-5H2,(H,12,14). The van der Waals surface area contributed by atoms with E-state index in [4.69, 9.17) is 10.3 Å². The van der Waals surface area contributed by atoms with Crippen LogP contribution in [0.25, 0.3) is 10.4 Å². The molecule has 6 heteroatoms. The van der Waals surface area contributed by atoms with Gasteiger partial charge in [0.1, 0.15) is 5.75 Å². The van der Waals surface area contributed by atoms with Crippen molar-refractivity contribution in [2.45, 2.75) is 6.54 Å². The van der Waals surface area contributed by atoms with Gasteiger partial charge in [0.25, 0.3) is 5.91 Å². The van der Waals surface area contributed by atoms with E-state index >= 15 is 0 Å². The van der Waals surface area contributed by atoms with Crippen LogP contribution in [0, 0.1) is 0 Å². The van der Waals surface area contributed by atoms with Gasteiger partial charge in [0.05, 0.1) is 12.2 Å². The SMILES string of the molecule is [N-]=[N+]=NCc1cccc2c1NC(=O)CO2. The lowest BCUT2D eigenvalue weighted by atomic mass is 10.1. The number of hydrogen-bond acceptors (Lipinski definition) is 3. The van der Waals surface area contributed by atoms with Crippen LogP contribution in [-0.2, 0) is 11.3 Å². The van der Waals surface area contributed by atoms with Gasteiger partial charge in [-0.25, -0.2) is 0 Å². The topological polar surface area (TPSA) is 87.1 Å². The maximum absolute atomic E-state index is 11.1. The van der Waals surface area contributed by atoms with Crippen molar-refractivity contribution in [3.05, 3.63) is 34.2 Å². The lowest BCUT2D eigenvalue weighted by Crippen LogP contribution is -2.26. The molecule has 0 bridgehead atoms. The van der Waals surface area contributed by atoms with Crippen LogP contribution in [-0.4, -0.2) is 12.5 Å². The molecule has 0 aliphatic carbocycles. The Labute approximate surface area is 85.5 Å². The van der Waals surface area contributed by atoms with Crippen LogP contribution in [0.5, 0.6) is 5.75 Å². The first-order chi connectivity index (χ1) is 7.31. The van der Waals surface area contributed by atoms with Gasteiger partial charge in [0.2, 0.25) is 0 Å². The molecule has 0 unspecified atom stereocenters. The molecule has 1 aromatic rings. The summed E-state index contributed by atoms with van der Waals surface area (Å²) in [7, 11) is 0. The molecule has 0 aromatic heterocycles. The summed E-state index contributed by atoms with van der Waals surface area (Å²) in [5, 5.41) is 6.14. The van der Waals surface area contributed by atoms with E-state index in [-0.39, 0.29) is 19.1 Å². The minimum absolute atomic E-state index is 0.0258. The Balaban J connectivity index is 2.38. The summed E-state index contributed by atoms with van der Waals surface area (Å²) in [6.07, 6.45) is 0. The molecule has 0 atom stereocenters. The third kappa shape index (κ3) is 1.84. The predicted molar refractivity (Wildman–Crippen MR) is 53.4 cm³/mol. The zero-order valence-electron chi connectivity index (χ0n) is 7.80. The second kappa shape index (κ2) is 3.89. The van der Waals surface area contributed by atoms with E-state index in [1.54, 1.807) is 18.2 Å². The number of fused-ring (bicyclic) bond motifs is 1. The van der Waals surface area contributed by atoms with Gasteiger partial charge in [-0.3, -0.25) is 4.79 Å². The van der Waals surface area contributed by atoms with Crippen molar-refractivity contribution in [2.24, 2.45) is 5.11 Å². The molecule has 1 aliphatic heterocycles. The summed E-state index contributed by atoms with van der Waals surface area (Å²) < 4.78 is 5.21. The molecule has 76 valence electrons. The molecule has 1 aromatic carbocycles. The predicted octanol–water partition coefficient (Wildman–Crippen LogP) is 1.83. The fourth-order valence-electron chi connectivity index (χ4n) is 1.40. The highest BCUT2D eigenvalue weighted by atomic mass is 16.5. The molecule has 0 spiro atoms. The Kier molecular flexibility index (Phi) is 2.43. The van der Waals surface area contributed by atoms with E-state index in [1.807, 2.05) is 0 Å². The van der Waals surface area contributed by atoms with Crippen molar-refractivity contribution in [3.8, 4) is 5.75 Å². The monoisotopic (exact) mass is 204 g/mol. The Morgan fingerprint density at radius 2 is 2.47 bits per heavy atom. The first-order valence-electron chi connectivity index (χ1n) is 4.36. The minimum Gasteiger partial charge on any atom is -0.482 e. The van der Waals surface area contributed by atoms with E-state index in [2.05, 4.69) is 15.3 Å². The molecular formula is C9H8N4O2. The summed E-state index contributed by atoms with van der Waals surface area (Å²) in [6, 6.07) is 5.33. The maximum Gasteiger partial charge on any atom is 0.262 e. The summed E-state index contributed by atoms with van der Waals surface area (Å²) in [5.41, 5.74) is 9.57. The fraction of sp³-hybridized carbons (Fsp3) is 0.222. The number of amides is 1. The number of nitrogens with one attached hydrogen (secondary N) is 1. The third-order valence-electron chi connectivity index (χ3n) is 2.04. The van der Waals surface area contributed by atoms with Crippen molar-refractivity contribution < 1.29 is 9.53 Å². The molecule has 0 saturated carbocycles. The van der Waals surface area contributed by atoms with Gasteiger partial charge in [0.15, 0.2) is 6.61 Å². The molecule has 15 heavy (non-hydrogen) atoms. The van der Waals surface area contributed by atoms with E-state index < -0.39 is 0 Å². The molecule has 0 saturated heterocycles. The molecule has 2 rings (SSSR count). The number of rotatable bonds is 2. The molecule has 0 radical (unpaired) electrons. The van der Waals surface area contributed by atoms with Gasteiger partial charge in [0, 0.05) is 4.91 Å². The largest absolute Gasteiger partial charge is 0.482 e. The molecule has 1 amide bonds. The van der Waals surface area contributed by atoms with Crippen LogP contribution in [0.2, 0.25) is 0 Å². The Morgan fingerprint density at radius 1 is 1.60 bits per heavy atom. The van der Waals surface area contributed by atoms with Gasteiger partial charge in [-0.05, 0) is 17.2 Å². The molecular weight excluding hydrogens is 196 g/mol. The van der Waals surface area contributed by atoms with Crippen LogP contribution in [0.1, 0.15) is 5.56 Å². The lowest BCUT2D eigenvalue weighted by Gasteiger charge is -2.19. The second-order valence-electron chi connectivity index (χ2n) is 3.02. The van der Waals surface area contributed by atoms with Crippen LogP contribution in [0.15, 0.2) is 23.3 Å². The smallest absolute Gasteiger partial charge is 0.262 e. The number of benzene rings is 1. The fourth-order valence-corrected chi connectivity index (χ4v) is 1.40. The Hall–Kier alpha value is -2.20. The van der Waals surface area contributed by atoms with Crippen LogP contribution < -0.4 is 10.1 Å². The van der Waals surface area contributed by atoms with Crippen molar-refractivity contribution in [2.75, 3.05) is 11.9 Å². The highest BCUT2D eigenvalue weighted by molar-refractivity contribution is 5.96. The van der Waals surface area contributed by atoms with E-state index in [9.17, 15) is 4.79 Å². The van der Waals surface area contributed by atoms with Gasteiger partial charge in [-0.1, -0.05) is 17.2 Å². The minimum atomic E-state index is -0.198. The normalized spacial score (nSPS) is 13.2. The highest BCUT2D eigenvalue weighted by Crippen LogP contribution is 2.31. The number of ether oxygens (including phenoxy) is 1. The maximum atomic E-state index is 11.1. The van der Waals surface area contributed by atoms with Crippen molar-refractivity contribution in [1.29, 1.82) is 0 Å². The first kappa shape index (κ1) is 9.36. The molecule has 1 aliphatic rings. The van der Waals surface area contributed by atoms with Crippen molar-refractivity contribution in [3.63, 3.8) is 0 Å². The molecule has 0 fully saturated rings. The number of carbonyl (C=O) groups excluding carboxylic acids is 1. The molecule has 1 N–H and O–H groups in total. The van der Waals surface area contributed by atoms with Gasteiger partial charge < -0.3 is 10.1 Å². The zero-order valence-corrected chi connectivity index (χ0v) is 7.80. The van der Waals surface area contributed by atoms with Gasteiger partial charge in [-0.15, -0.1) is 0 Å². The van der Waals surface area contributed by atoms with E-state index in [1.165, 1.54) is 0 Å². The number of anilines is 1. The Morgan fingerprint density at radius 3 is 3.27 bits per heavy atom. The van der Waals surface area contributed by atoms with E-state index in [0.717, 1.165) is 5.56 Å². The summed E-state index contributed by atoms with van der Waals surface area (Å²) in [4.78, 5) is 13.8. The summed E-state index contributed by atoms with van der Waals surface area (Å²) >= 11 is 0. The zero-order chi connectivity index (χ0) is 10.7. The number of nitrogens with zero attached hydrogens (tertiary/aromatic N) is 3. The van der Waals surface area contributed by atoms with Crippen molar-refractivity contribution in [1.82, 2.24) is 0 Å². The number of hydrogen-bond donors (Lipinski definition) is 1. The van der Waals surface area contributed by atoms with Crippen LogP contribution in [0.4, 0.5) is 5.69 Å². The average Bonchev–Trinajstić information content (AvgIpc) is 2.26. The summed E-state index contributed by atoms with van der Waals surface area (Å²) in [5.74, 6) is 0.413. The van der Waals surface area contributed by atoms with E-state index in [0.29, 0.717) is 11.4 Å². The average molecular weight is 204 g/mol. The number of para-hydroxylation sites is 1. The van der Waals surface area contributed by atoms with Gasteiger partial charge >= 0.3 is 0 Å². The summed E-state index contributed by atoms with van der Waals surface area (Å²) in [6.45, 7) is 0.223. The third-order valence-corrected chi connectivity index (χ3v) is 2.04. The van der Waals surface area contributed by atoms with Gasteiger partial charge in [-0.2, -0.15) is 0 Å². The highest BCUT2D eigenvalue weighted by Gasteiger charge is 2.17. The number of azide groups is 1. The lowest BCUT2D eigenvalue weighted by molar-refractivity contribution is -0.118. The quantitative estimate of drug-likeness (QED) is 0.452. The van der Waals surface area contributed by atoms with Crippen molar-refractivity contribution >= 4 is 11.6 Å². The first-order valence-corrected chi connectivity index (χ1v) is 4.36. The van der Waals surface area contributed by atoms with Crippen LogP contribution in [0.3, 0.4) is 0 Å². The Bertz CT molecular complexity index is 451. The second-order valence-corrected chi connectivity index (χ2v) is 3.02. The number of carbonyl (C=O) groups is 1. The van der Waals surface area contributed by atoms with Crippen LogP contribution >= 0.6 is 0 Å².